The zero-order valence-electron chi connectivity index (χ0n) is 7.45. The van der Waals surface area contributed by atoms with Crippen LogP contribution in [0, 0.1) is 0 Å². The zero-order valence-corrected chi connectivity index (χ0v) is 7.45. The molecule has 0 saturated heterocycles. The van der Waals surface area contributed by atoms with Crippen molar-refractivity contribution in [2.75, 3.05) is 5.73 Å². The van der Waals surface area contributed by atoms with Crippen LogP contribution < -0.4 is 5.73 Å². The standard InChI is InChI=1S/C10H10N2O2/c11-9-5-7-6(4-10(13)14)2-1-3-8(7)12-9/h1-3,5,12H,4,11H2,(H,13,14). The normalized spacial score (nSPS) is 10.6. The number of hydrogen-bond donors (Lipinski definition) is 3. The SMILES string of the molecule is Nc1cc2c(CC(=O)O)cccc2[nH]1. The van der Waals surface area contributed by atoms with E-state index in [9.17, 15) is 4.79 Å². The Morgan fingerprint density at radius 1 is 1.50 bits per heavy atom. The number of H-pyrrole nitrogens is 1. The lowest BCUT2D eigenvalue weighted by atomic mass is 10.1. The van der Waals surface area contributed by atoms with Gasteiger partial charge in [0.1, 0.15) is 5.82 Å². The number of anilines is 1. The molecule has 0 aliphatic rings. The van der Waals surface area contributed by atoms with E-state index in [2.05, 4.69) is 4.98 Å². The molecule has 0 bridgehead atoms. The van der Waals surface area contributed by atoms with Crippen LogP contribution in [0.1, 0.15) is 5.56 Å². The van der Waals surface area contributed by atoms with Crippen molar-refractivity contribution in [1.82, 2.24) is 4.98 Å². The molecule has 2 aromatic rings. The molecule has 14 heavy (non-hydrogen) atoms. The molecule has 72 valence electrons. The van der Waals surface area contributed by atoms with Gasteiger partial charge in [0.2, 0.25) is 0 Å². The van der Waals surface area contributed by atoms with Gasteiger partial charge in [-0.2, -0.15) is 0 Å². The largest absolute Gasteiger partial charge is 0.481 e. The maximum absolute atomic E-state index is 10.6. The van der Waals surface area contributed by atoms with Crippen LogP contribution >= 0.6 is 0 Å². The highest BCUT2D eigenvalue weighted by molar-refractivity contribution is 5.89. The van der Waals surface area contributed by atoms with Crippen molar-refractivity contribution in [2.24, 2.45) is 0 Å². The molecule has 0 saturated carbocycles. The van der Waals surface area contributed by atoms with Crippen molar-refractivity contribution < 1.29 is 9.90 Å². The fourth-order valence-corrected chi connectivity index (χ4v) is 1.56. The first kappa shape index (κ1) is 8.62. The number of benzene rings is 1. The van der Waals surface area contributed by atoms with Gasteiger partial charge in [0.15, 0.2) is 0 Å². The van der Waals surface area contributed by atoms with Gasteiger partial charge in [-0.05, 0) is 17.7 Å². The van der Waals surface area contributed by atoms with Crippen LogP contribution in [0.2, 0.25) is 0 Å². The fourth-order valence-electron chi connectivity index (χ4n) is 1.56. The Balaban J connectivity index is 2.58. The van der Waals surface area contributed by atoms with Gasteiger partial charge in [0.05, 0.1) is 6.42 Å². The quantitative estimate of drug-likeness (QED) is 0.669. The number of nitrogen functional groups attached to an aromatic ring is 1. The summed E-state index contributed by atoms with van der Waals surface area (Å²) < 4.78 is 0. The zero-order chi connectivity index (χ0) is 10.1. The number of rotatable bonds is 2. The van der Waals surface area contributed by atoms with Crippen LogP contribution in [0.15, 0.2) is 24.3 Å². The highest BCUT2D eigenvalue weighted by Crippen LogP contribution is 2.21. The molecule has 0 atom stereocenters. The summed E-state index contributed by atoms with van der Waals surface area (Å²) in [6.07, 6.45) is 0.0225. The van der Waals surface area contributed by atoms with Crippen molar-refractivity contribution in [2.45, 2.75) is 6.42 Å². The fraction of sp³-hybridized carbons (Fsp3) is 0.100. The third-order valence-electron chi connectivity index (χ3n) is 2.12. The lowest BCUT2D eigenvalue weighted by Gasteiger charge is -1.98. The molecule has 4 heteroatoms. The minimum Gasteiger partial charge on any atom is -0.481 e. The number of aromatic nitrogens is 1. The van der Waals surface area contributed by atoms with Crippen molar-refractivity contribution in [3.05, 3.63) is 29.8 Å². The molecule has 0 amide bonds. The second kappa shape index (κ2) is 3.06. The minimum atomic E-state index is -0.836. The minimum absolute atomic E-state index is 0.0225. The van der Waals surface area contributed by atoms with E-state index in [0.29, 0.717) is 5.82 Å². The van der Waals surface area contributed by atoms with E-state index in [0.717, 1.165) is 16.5 Å². The predicted molar refractivity (Wildman–Crippen MR) is 54.1 cm³/mol. The van der Waals surface area contributed by atoms with Crippen LogP contribution in [0.3, 0.4) is 0 Å². The average Bonchev–Trinajstić information content (AvgIpc) is 2.45. The van der Waals surface area contributed by atoms with Gasteiger partial charge in [0, 0.05) is 10.9 Å². The van der Waals surface area contributed by atoms with Crippen molar-refractivity contribution in [3.63, 3.8) is 0 Å². The van der Waals surface area contributed by atoms with E-state index in [4.69, 9.17) is 10.8 Å². The van der Waals surface area contributed by atoms with Crippen LogP contribution in [0.4, 0.5) is 5.82 Å². The molecular weight excluding hydrogens is 180 g/mol. The summed E-state index contributed by atoms with van der Waals surface area (Å²) in [5, 5.41) is 9.57. The van der Waals surface area contributed by atoms with Crippen LogP contribution in [0.5, 0.6) is 0 Å². The Labute approximate surface area is 80.3 Å². The van der Waals surface area contributed by atoms with E-state index < -0.39 is 5.97 Å². The number of fused-ring (bicyclic) bond motifs is 1. The van der Waals surface area contributed by atoms with Crippen LogP contribution in [-0.4, -0.2) is 16.1 Å². The third kappa shape index (κ3) is 1.42. The molecule has 2 rings (SSSR count). The Hall–Kier alpha value is -1.97. The molecule has 0 radical (unpaired) electrons. The molecule has 4 nitrogen and oxygen atoms in total. The second-order valence-electron chi connectivity index (χ2n) is 3.17. The Bertz CT molecular complexity index is 488. The lowest BCUT2D eigenvalue weighted by molar-refractivity contribution is -0.136. The summed E-state index contributed by atoms with van der Waals surface area (Å²) in [7, 11) is 0. The number of aromatic amines is 1. The Morgan fingerprint density at radius 3 is 3.00 bits per heavy atom. The highest BCUT2D eigenvalue weighted by atomic mass is 16.4. The van der Waals surface area contributed by atoms with E-state index in [1.807, 2.05) is 12.1 Å². The summed E-state index contributed by atoms with van der Waals surface area (Å²) in [6, 6.07) is 7.24. The predicted octanol–water partition coefficient (Wildman–Crippen LogP) is 1.38. The van der Waals surface area contributed by atoms with Gasteiger partial charge in [0.25, 0.3) is 0 Å². The molecule has 4 N–H and O–H groups in total. The maximum Gasteiger partial charge on any atom is 0.307 e. The van der Waals surface area contributed by atoms with E-state index in [1.165, 1.54) is 0 Å². The monoisotopic (exact) mass is 190 g/mol. The molecule has 0 aliphatic carbocycles. The lowest BCUT2D eigenvalue weighted by Crippen LogP contribution is -1.99. The highest BCUT2D eigenvalue weighted by Gasteiger charge is 2.06. The van der Waals surface area contributed by atoms with Crippen molar-refractivity contribution in [3.8, 4) is 0 Å². The maximum atomic E-state index is 10.6. The van der Waals surface area contributed by atoms with E-state index >= 15 is 0 Å². The molecule has 1 aromatic heterocycles. The topological polar surface area (TPSA) is 79.1 Å². The molecule has 0 fully saturated rings. The molecular formula is C10H10N2O2. The van der Waals surface area contributed by atoms with Gasteiger partial charge in [-0.25, -0.2) is 0 Å². The summed E-state index contributed by atoms with van der Waals surface area (Å²) in [6.45, 7) is 0. The molecule has 0 spiro atoms. The number of nitrogens with one attached hydrogen (secondary N) is 1. The second-order valence-corrected chi connectivity index (χ2v) is 3.17. The summed E-state index contributed by atoms with van der Waals surface area (Å²) >= 11 is 0. The number of aliphatic carboxylic acids is 1. The van der Waals surface area contributed by atoms with Crippen LogP contribution in [-0.2, 0) is 11.2 Å². The first-order chi connectivity index (χ1) is 6.66. The van der Waals surface area contributed by atoms with Gasteiger partial charge >= 0.3 is 5.97 Å². The van der Waals surface area contributed by atoms with E-state index in [-0.39, 0.29) is 6.42 Å². The first-order valence-corrected chi connectivity index (χ1v) is 4.24. The van der Waals surface area contributed by atoms with Gasteiger partial charge in [-0.1, -0.05) is 12.1 Å². The smallest absolute Gasteiger partial charge is 0.307 e. The number of carboxylic acid groups (broad SMARTS) is 1. The molecule has 0 aliphatic heterocycles. The number of carbonyl (C=O) groups is 1. The molecule has 1 heterocycles. The van der Waals surface area contributed by atoms with Gasteiger partial charge < -0.3 is 15.8 Å². The number of nitrogens with two attached hydrogens (primary N) is 1. The number of carboxylic acids is 1. The van der Waals surface area contributed by atoms with Crippen molar-refractivity contribution in [1.29, 1.82) is 0 Å². The first-order valence-electron chi connectivity index (χ1n) is 4.24. The van der Waals surface area contributed by atoms with Gasteiger partial charge in [-0.15, -0.1) is 0 Å². The van der Waals surface area contributed by atoms with Crippen LogP contribution in [0.25, 0.3) is 10.9 Å². The Morgan fingerprint density at radius 2 is 2.29 bits per heavy atom. The summed E-state index contributed by atoms with van der Waals surface area (Å²) in [5.41, 5.74) is 7.24. The third-order valence-corrected chi connectivity index (χ3v) is 2.12. The Kier molecular flexibility index (Phi) is 1.89. The van der Waals surface area contributed by atoms with Gasteiger partial charge in [-0.3, -0.25) is 4.79 Å². The number of hydrogen-bond acceptors (Lipinski definition) is 2. The molecule has 1 aromatic carbocycles. The van der Waals surface area contributed by atoms with E-state index in [1.54, 1.807) is 12.1 Å². The van der Waals surface area contributed by atoms with Crippen molar-refractivity contribution >= 4 is 22.7 Å². The average molecular weight is 190 g/mol. The molecule has 0 unspecified atom stereocenters. The summed E-state index contributed by atoms with van der Waals surface area (Å²) in [4.78, 5) is 13.5. The summed E-state index contributed by atoms with van der Waals surface area (Å²) in [5.74, 6) is -0.282.